The zero-order chi connectivity index (χ0) is 16.4. The first-order valence-corrected chi connectivity index (χ1v) is 9.34. The molecule has 2 aromatic rings. The van der Waals surface area contributed by atoms with E-state index in [0.29, 0.717) is 0 Å². The van der Waals surface area contributed by atoms with Crippen molar-refractivity contribution in [2.24, 2.45) is 4.99 Å². The summed E-state index contributed by atoms with van der Waals surface area (Å²) in [4.78, 5) is 9.97. The summed E-state index contributed by atoms with van der Waals surface area (Å²) in [5.41, 5.74) is 3.99. The van der Waals surface area contributed by atoms with Crippen molar-refractivity contribution in [3.8, 4) is 0 Å². The molecule has 4 heteroatoms. The summed E-state index contributed by atoms with van der Waals surface area (Å²) < 4.78 is 0. The Kier molecular flexibility index (Phi) is 4.56. The van der Waals surface area contributed by atoms with Gasteiger partial charge >= 0.3 is 0 Å². The van der Waals surface area contributed by atoms with Crippen molar-refractivity contribution in [3.63, 3.8) is 0 Å². The number of aliphatic hydroxyl groups excluding tert-OH is 1. The van der Waals surface area contributed by atoms with E-state index in [2.05, 4.69) is 34.1 Å². The summed E-state index contributed by atoms with van der Waals surface area (Å²) in [6.45, 7) is 4.75. The van der Waals surface area contributed by atoms with Gasteiger partial charge in [0.05, 0.1) is 24.0 Å². The number of anilines is 2. The molecule has 1 N–H and O–H groups in total. The van der Waals surface area contributed by atoms with Crippen LogP contribution in [-0.2, 0) is 6.42 Å². The highest BCUT2D eigenvalue weighted by molar-refractivity contribution is 5.85. The Morgan fingerprint density at radius 2 is 1.42 bits per heavy atom. The lowest BCUT2D eigenvalue weighted by Crippen LogP contribution is -2.19. The maximum Gasteiger partial charge on any atom is 0.109 e. The van der Waals surface area contributed by atoms with Gasteiger partial charge in [0.25, 0.3) is 0 Å². The molecular formula is C20H27N3O. The number of aliphatic hydroxyl groups is 1. The lowest BCUT2D eigenvalue weighted by atomic mass is 10.1. The fraction of sp³-hybridized carbons (Fsp3) is 0.550. The highest BCUT2D eigenvalue weighted by Crippen LogP contribution is 2.36. The third-order valence-corrected chi connectivity index (χ3v) is 5.29. The highest BCUT2D eigenvalue weighted by Gasteiger charge is 2.33. The van der Waals surface area contributed by atoms with Crippen LogP contribution in [0.25, 0.3) is 0 Å². The van der Waals surface area contributed by atoms with E-state index in [4.69, 9.17) is 4.99 Å². The van der Waals surface area contributed by atoms with Crippen LogP contribution in [0.3, 0.4) is 0 Å². The summed E-state index contributed by atoms with van der Waals surface area (Å²) in [5.74, 6) is 0. The van der Waals surface area contributed by atoms with Gasteiger partial charge in [0.2, 0.25) is 0 Å². The lowest BCUT2D eigenvalue weighted by molar-refractivity contribution is 0.264. The molecule has 4 rings (SSSR count). The summed E-state index contributed by atoms with van der Waals surface area (Å²) in [6.07, 6.45) is 5.96. The molecule has 0 radical (unpaired) electrons. The summed E-state index contributed by atoms with van der Waals surface area (Å²) in [6, 6.07) is 10.3. The Hall–Kier alpha value is -1.81. The molecule has 2 heterocycles. The van der Waals surface area contributed by atoms with Crippen LogP contribution in [-0.4, -0.2) is 43.9 Å². The predicted octanol–water partition coefficient (Wildman–Crippen LogP) is 2.27. The van der Waals surface area contributed by atoms with E-state index in [1.54, 1.807) is 0 Å². The number of hydrogen-bond donors (Lipinski definition) is 1. The molecule has 0 saturated carbocycles. The summed E-state index contributed by atoms with van der Waals surface area (Å²) in [5, 5.41) is 11.0. The van der Waals surface area contributed by atoms with E-state index in [1.165, 1.54) is 48.0 Å². The number of benzene rings is 1. The van der Waals surface area contributed by atoms with Crippen LogP contribution < -0.4 is 15.2 Å². The predicted molar refractivity (Wildman–Crippen MR) is 98.3 cm³/mol. The molecular weight excluding hydrogens is 298 g/mol. The smallest absolute Gasteiger partial charge is 0.109 e. The van der Waals surface area contributed by atoms with Crippen molar-refractivity contribution < 1.29 is 5.11 Å². The molecule has 24 heavy (non-hydrogen) atoms. The second-order valence-corrected chi connectivity index (χ2v) is 7.09. The molecule has 1 atom stereocenters. The summed E-state index contributed by atoms with van der Waals surface area (Å²) in [7, 11) is 0. The molecule has 128 valence electrons. The number of hydrogen-bond acceptors (Lipinski definition) is 4. The van der Waals surface area contributed by atoms with Gasteiger partial charge in [-0.05, 0) is 37.7 Å². The lowest BCUT2D eigenvalue weighted by Gasteiger charge is -2.15. The quantitative estimate of drug-likeness (QED) is 0.885. The van der Waals surface area contributed by atoms with Gasteiger partial charge in [0.1, 0.15) is 5.36 Å². The van der Waals surface area contributed by atoms with Crippen LogP contribution in [0.4, 0.5) is 11.4 Å². The molecule has 2 fully saturated rings. The SMILES string of the molecule is OC[C@H](Cc1ccccc1)N=c1c(N2CCCC2)c1N1CCCC1. The third kappa shape index (κ3) is 3.20. The van der Waals surface area contributed by atoms with E-state index in [1.807, 2.05) is 6.07 Å². The zero-order valence-electron chi connectivity index (χ0n) is 14.3. The minimum atomic E-state index is -0.0416. The maximum absolute atomic E-state index is 9.81. The van der Waals surface area contributed by atoms with Crippen LogP contribution in [0.2, 0.25) is 0 Å². The van der Waals surface area contributed by atoms with Gasteiger partial charge in [-0.3, -0.25) is 4.99 Å². The molecule has 0 amide bonds. The molecule has 0 bridgehead atoms. The molecule has 0 aliphatic carbocycles. The van der Waals surface area contributed by atoms with E-state index < -0.39 is 0 Å². The molecule has 2 aromatic carbocycles. The van der Waals surface area contributed by atoms with Crippen molar-refractivity contribution in [1.82, 2.24) is 0 Å². The first-order valence-electron chi connectivity index (χ1n) is 9.34. The van der Waals surface area contributed by atoms with Crippen molar-refractivity contribution in [3.05, 3.63) is 41.3 Å². The van der Waals surface area contributed by atoms with Gasteiger partial charge in [0, 0.05) is 26.2 Å². The van der Waals surface area contributed by atoms with Crippen molar-refractivity contribution in [2.75, 3.05) is 42.6 Å². The minimum absolute atomic E-state index is 0.0416. The van der Waals surface area contributed by atoms with Gasteiger partial charge < -0.3 is 14.9 Å². The molecule has 2 aliphatic rings. The Bertz CT molecular complexity index is 644. The van der Waals surface area contributed by atoms with Gasteiger partial charge in [-0.2, -0.15) is 0 Å². The van der Waals surface area contributed by atoms with Crippen LogP contribution in [0.5, 0.6) is 0 Å². The largest absolute Gasteiger partial charge is 0.394 e. The molecule has 0 spiro atoms. The Labute approximate surface area is 144 Å². The summed E-state index contributed by atoms with van der Waals surface area (Å²) >= 11 is 0. The first-order chi connectivity index (χ1) is 11.9. The first kappa shape index (κ1) is 15.7. The van der Waals surface area contributed by atoms with Crippen LogP contribution in [0, 0.1) is 0 Å². The van der Waals surface area contributed by atoms with Crippen LogP contribution in [0.1, 0.15) is 31.2 Å². The second kappa shape index (κ2) is 6.98. The average Bonchev–Trinajstić information content (AvgIpc) is 3.07. The van der Waals surface area contributed by atoms with Crippen molar-refractivity contribution in [1.29, 1.82) is 0 Å². The molecule has 2 aliphatic heterocycles. The monoisotopic (exact) mass is 325 g/mol. The van der Waals surface area contributed by atoms with Gasteiger partial charge in [-0.25, -0.2) is 0 Å². The Balaban J connectivity index is 1.57. The fourth-order valence-corrected chi connectivity index (χ4v) is 3.98. The Morgan fingerprint density at radius 1 is 0.875 bits per heavy atom. The van der Waals surface area contributed by atoms with E-state index >= 15 is 0 Å². The standard InChI is InChI=1S/C20H27N3O/c24-15-17(14-16-8-2-1-3-9-16)21-18-19(22-10-4-5-11-22)20(18)23-12-6-7-13-23/h1-3,8-9,17,24H,4-7,10-15H2/t17-/m0/s1. The molecule has 0 aromatic heterocycles. The second-order valence-electron chi connectivity index (χ2n) is 7.09. The maximum atomic E-state index is 9.81. The average molecular weight is 325 g/mol. The normalized spacial score (nSPS) is 19.4. The number of nitrogens with zero attached hydrogens (tertiary/aromatic N) is 3. The third-order valence-electron chi connectivity index (χ3n) is 5.29. The molecule has 2 saturated heterocycles. The molecule has 0 unspecified atom stereocenters. The van der Waals surface area contributed by atoms with E-state index in [0.717, 1.165) is 32.6 Å². The fourth-order valence-electron chi connectivity index (χ4n) is 3.98. The number of rotatable bonds is 6. The highest BCUT2D eigenvalue weighted by atomic mass is 16.3. The van der Waals surface area contributed by atoms with Crippen LogP contribution in [0.15, 0.2) is 35.3 Å². The zero-order valence-corrected chi connectivity index (χ0v) is 14.3. The minimum Gasteiger partial charge on any atom is -0.394 e. The van der Waals surface area contributed by atoms with Crippen molar-refractivity contribution >= 4 is 11.4 Å². The van der Waals surface area contributed by atoms with Gasteiger partial charge in [-0.15, -0.1) is 0 Å². The van der Waals surface area contributed by atoms with Gasteiger partial charge in [0.15, 0.2) is 0 Å². The van der Waals surface area contributed by atoms with Crippen LogP contribution >= 0.6 is 0 Å². The topological polar surface area (TPSA) is 39.1 Å². The van der Waals surface area contributed by atoms with E-state index in [9.17, 15) is 5.11 Å². The Morgan fingerprint density at radius 3 is 1.92 bits per heavy atom. The van der Waals surface area contributed by atoms with Crippen molar-refractivity contribution in [2.45, 2.75) is 38.1 Å². The van der Waals surface area contributed by atoms with Gasteiger partial charge in [-0.1, -0.05) is 30.3 Å². The molecule has 4 nitrogen and oxygen atoms in total. The van der Waals surface area contributed by atoms with E-state index in [-0.39, 0.29) is 12.6 Å².